The molecule has 2 rings (SSSR count). The highest BCUT2D eigenvalue weighted by Crippen LogP contribution is 2.35. The highest BCUT2D eigenvalue weighted by atomic mass is 32.2. The average Bonchev–Trinajstić information content (AvgIpc) is 2.88. The van der Waals surface area contributed by atoms with Gasteiger partial charge in [-0.25, -0.2) is 0 Å². The van der Waals surface area contributed by atoms with Crippen LogP contribution in [0.25, 0.3) is 0 Å². The third-order valence-electron chi connectivity index (χ3n) is 2.89. The first-order chi connectivity index (χ1) is 9.40. The summed E-state index contributed by atoms with van der Waals surface area (Å²) in [4.78, 5) is 26.7. The van der Waals surface area contributed by atoms with Gasteiger partial charge in [0, 0.05) is 19.3 Å². The number of aliphatic carboxylic acids is 1. The van der Waals surface area contributed by atoms with Crippen LogP contribution in [-0.4, -0.2) is 57.0 Å². The number of thiocarbonyl (C=S) groups is 1. The molecule has 0 radical (unpaired) electrons. The summed E-state index contributed by atoms with van der Waals surface area (Å²) < 4.78 is 0.303. The van der Waals surface area contributed by atoms with Gasteiger partial charge in [0.2, 0.25) is 0 Å². The third-order valence-corrected chi connectivity index (χ3v) is 5.57. The molecule has 2 fully saturated rings. The Morgan fingerprint density at radius 1 is 1.55 bits per heavy atom. The van der Waals surface area contributed by atoms with Gasteiger partial charge < -0.3 is 10.0 Å². The van der Waals surface area contributed by atoms with Gasteiger partial charge in [-0.3, -0.25) is 14.5 Å². The van der Waals surface area contributed by atoms with Crippen molar-refractivity contribution in [3.8, 4) is 0 Å². The van der Waals surface area contributed by atoms with E-state index in [1.54, 1.807) is 11.8 Å². The largest absolute Gasteiger partial charge is 0.480 e. The number of amides is 1. The Morgan fingerprint density at radius 2 is 2.25 bits per heavy atom. The summed E-state index contributed by atoms with van der Waals surface area (Å²) in [7, 11) is 2.01. The molecule has 1 N–H and O–H groups in total. The summed E-state index contributed by atoms with van der Waals surface area (Å²) in [6.07, 6.45) is 1.96. The van der Waals surface area contributed by atoms with E-state index in [1.165, 1.54) is 11.8 Å². The van der Waals surface area contributed by atoms with Crippen molar-refractivity contribution in [3.05, 3.63) is 21.6 Å². The Bertz CT molecular complexity index is 542. The van der Waals surface area contributed by atoms with Crippen LogP contribution in [0.3, 0.4) is 0 Å². The first-order valence-corrected chi connectivity index (χ1v) is 8.13. The molecule has 0 aromatic rings. The molecular formula is C12H14N2O3S3. The van der Waals surface area contributed by atoms with E-state index in [9.17, 15) is 9.59 Å². The number of carbonyl (C=O) groups is 2. The molecule has 0 spiro atoms. The maximum atomic E-state index is 12.2. The lowest BCUT2D eigenvalue weighted by atomic mass is 10.2. The second-order valence-electron chi connectivity index (χ2n) is 4.42. The summed E-state index contributed by atoms with van der Waals surface area (Å²) in [5, 5.41) is 9.91. The number of carboxylic acids is 1. The number of carbonyl (C=O) groups excluding carboxylic acids is 1. The van der Waals surface area contributed by atoms with Gasteiger partial charge in [0.15, 0.2) is 0 Å². The summed E-state index contributed by atoms with van der Waals surface area (Å²) in [6.45, 7) is 2.46. The Kier molecular flexibility index (Phi) is 4.77. The van der Waals surface area contributed by atoms with Gasteiger partial charge in [0.05, 0.1) is 9.93 Å². The van der Waals surface area contributed by atoms with Crippen molar-refractivity contribution in [2.45, 2.75) is 6.92 Å². The zero-order valence-electron chi connectivity index (χ0n) is 11.1. The minimum Gasteiger partial charge on any atom is -0.480 e. The lowest BCUT2D eigenvalue weighted by molar-refractivity contribution is -0.140. The molecule has 2 aliphatic rings. The Morgan fingerprint density at radius 3 is 2.80 bits per heavy atom. The zero-order valence-corrected chi connectivity index (χ0v) is 13.5. The van der Waals surface area contributed by atoms with Crippen LogP contribution < -0.4 is 0 Å². The van der Waals surface area contributed by atoms with Crippen molar-refractivity contribution in [1.29, 1.82) is 0 Å². The molecule has 108 valence electrons. The van der Waals surface area contributed by atoms with Crippen LogP contribution >= 0.6 is 35.7 Å². The van der Waals surface area contributed by atoms with E-state index in [1.807, 2.05) is 20.0 Å². The summed E-state index contributed by atoms with van der Waals surface area (Å²) in [6, 6.07) is 0. The monoisotopic (exact) mass is 330 g/mol. The first kappa shape index (κ1) is 15.4. The average molecular weight is 330 g/mol. The molecule has 8 heteroatoms. The van der Waals surface area contributed by atoms with Crippen molar-refractivity contribution < 1.29 is 14.7 Å². The predicted molar refractivity (Wildman–Crippen MR) is 85.4 cm³/mol. The summed E-state index contributed by atoms with van der Waals surface area (Å²) >= 11 is 7.98. The molecule has 0 aromatic heterocycles. The molecule has 0 bridgehead atoms. The number of rotatable bonds is 3. The Labute approximate surface area is 131 Å². The first-order valence-electron chi connectivity index (χ1n) is 5.92. The highest BCUT2D eigenvalue weighted by Gasteiger charge is 2.34. The van der Waals surface area contributed by atoms with Crippen LogP contribution in [0.5, 0.6) is 0 Å². The quantitative estimate of drug-likeness (QED) is 0.624. The van der Waals surface area contributed by atoms with Gasteiger partial charge in [-0.05, 0) is 18.6 Å². The fourth-order valence-electron chi connectivity index (χ4n) is 1.82. The van der Waals surface area contributed by atoms with Gasteiger partial charge in [-0.1, -0.05) is 24.0 Å². The predicted octanol–water partition coefficient (Wildman–Crippen LogP) is 1.73. The second-order valence-corrected chi connectivity index (χ2v) is 7.18. The normalized spacial score (nSPS) is 24.0. The third kappa shape index (κ3) is 3.18. The molecule has 0 unspecified atom stereocenters. The van der Waals surface area contributed by atoms with Gasteiger partial charge >= 0.3 is 5.97 Å². The van der Waals surface area contributed by atoms with E-state index in [2.05, 4.69) is 4.90 Å². The van der Waals surface area contributed by atoms with Crippen molar-refractivity contribution >= 4 is 51.9 Å². The number of hydrogen-bond acceptors (Lipinski definition) is 6. The Balaban J connectivity index is 2.24. The van der Waals surface area contributed by atoms with E-state index < -0.39 is 5.97 Å². The van der Waals surface area contributed by atoms with Crippen LogP contribution in [0, 0.1) is 0 Å². The molecule has 0 saturated carbocycles. The number of nitrogens with zero attached hydrogens (tertiary/aromatic N) is 2. The van der Waals surface area contributed by atoms with E-state index in [0.717, 1.165) is 27.8 Å². The molecular weight excluding hydrogens is 316 g/mol. The van der Waals surface area contributed by atoms with Crippen LogP contribution in [0.4, 0.5) is 0 Å². The van der Waals surface area contributed by atoms with E-state index >= 15 is 0 Å². The Hall–Kier alpha value is -0.990. The molecule has 0 atom stereocenters. The molecule has 2 saturated heterocycles. The molecule has 20 heavy (non-hydrogen) atoms. The molecule has 0 aromatic carbocycles. The fourth-order valence-corrected chi connectivity index (χ4v) is 4.22. The van der Waals surface area contributed by atoms with Crippen molar-refractivity contribution in [2.24, 2.45) is 0 Å². The van der Waals surface area contributed by atoms with Crippen molar-refractivity contribution in [3.63, 3.8) is 0 Å². The lowest BCUT2D eigenvalue weighted by Crippen LogP contribution is -2.33. The number of thioether (sulfide) groups is 2. The van der Waals surface area contributed by atoms with Crippen LogP contribution in [-0.2, 0) is 9.59 Å². The molecule has 2 heterocycles. The van der Waals surface area contributed by atoms with Crippen LogP contribution in [0.15, 0.2) is 21.6 Å². The minimum absolute atomic E-state index is 0.303. The maximum Gasteiger partial charge on any atom is 0.323 e. The summed E-state index contributed by atoms with van der Waals surface area (Å²) in [5.74, 6) is -0.345. The van der Waals surface area contributed by atoms with E-state index in [0.29, 0.717) is 9.23 Å². The lowest BCUT2D eigenvalue weighted by Gasteiger charge is -2.12. The zero-order chi connectivity index (χ0) is 14.9. The van der Waals surface area contributed by atoms with Crippen molar-refractivity contribution in [2.75, 3.05) is 25.9 Å². The van der Waals surface area contributed by atoms with Crippen LogP contribution in [0.1, 0.15) is 6.92 Å². The van der Waals surface area contributed by atoms with Gasteiger partial charge in [-0.15, -0.1) is 11.8 Å². The minimum atomic E-state index is -1.07. The topological polar surface area (TPSA) is 60.9 Å². The summed E-state index contributed by atoms with van der Waals surface area (Å²) in [5.41, 5.74) is 0.825. The highest BCUT2D eigenvalue weighted by molar-refractivity contribution is 8.26. The SMILES string of the molecule is CC(/C=C1\SCCN1C)=C1\SC(=S)N(CC(=O)O)C1=O. The molecule has 2 aliphatic heterocycles. The van der Waals surface area contributed by atoms with Gasteiger partial charge in [0.25, 0.3) is 5.91 Å². The number of allylic oxidation sites excluding steroid dienone is 2. The smallest absolute Gasteiger partial charge is 0.323 e. The number of carboxylic acid groups (broad SMARTS) is 1. The molecule has 0 aliphatic carbocycles. The van der Waals surface area contributed by atoms with Gasteiger partial charge in [-0.2, -0.15) is 0 Å². The maximum absolute atomic E-state index is 12.2. The number of hydrogen-bond donors (Lipinski definition) is 1. The second kappa shape index (κ2) is 6.19. The molecule has 1 amide bonds. The van der Waals surface area contributed by atoms with Crippen LogP contribution in [0.2, 0.25) is 0 Å². The standard InChI is InChI=1S/C12H14N2O3S3/c1-7(5-8-13(2)3-4-19-8)10-11(17)14(6-9(15)16)12(18)20-10/h5H,3-4,6H2,1-2H3,(H,15,16)/b8-5-,10-7+. The fraction of sp³-hybridized carbons (Fsp3) is 0.417. The molecule has 5 nitrogen and oxygen atoms in total. The van der Waals surface area contributed by atoms with E-state index in [-0.39, 0.29) is 12.5 Å². The van der Waals surface area contributed by atoms with Crippen molar-refractivity contribution in [1.82, 2.24) is 9.80 Å². The van der Waals surface area contributed by atoms with E-state index in [4.69, 9.17) is 17.3 Å². The van der Waals surface area contributed by atoms with Gasteiger partial charge in [0.1, 0.15) is 10.9 Å².